The SMILES string of the molecule is CCOc1ccc(NC(=O)CN2C(=O)N[C@H](CCc3ccccc3)C2=O)cc1OCC. The summed E-state index contributed by atoms with van der Waals surface area (Å²) in [4.78, 5) is 38.3. The first kappa shape index (κ1) is 22.1. The van der Waals surface area contributed by atoms with Gasteiger partial charge in [0.25, 0.3) is 5.91 Å². The maximum absolute atomic E-state index is 12.6. The summed E-state index contributed by atoms with van der Waals surface area (Å²) in [5.41, 5.74) is 1.57. The lowest BCUT2D eigenvalue weighted by molar-refractivity contribution is -0.130. The number of hydrogen-bond acceptors (Lipinski definition) is 5. The van der Waals surface area contributed by atoms with E-state index in [1.807, 2.05) is 44.2 Å². The highest BCUT2D eigenvalue weighted by Gasteiger charge is 2.38. The third-order valence-electron chi connectivity index (χ3n) is 4.80. The van der Waals surface area contributed by atoms with E-state index >= 15 is 0 Å². The highest BCUT2D eigenvalue weighted by molar-refractivity contribution is 6.07. The van der Waals surface area contributed by atoms with E-state index in [9.17, 15) is 14.4 Å². The van der Waals surface area contributed by atoms with Crippen molar-refractivity contribution in [2.24, 2.45) is 0 Å². The van der Waals surface area contributed by atoms with Gasteiger partial charge in [0.15, 0.2) is 11.5 Å². The monoisotopic (exact) mass is 425 g/mol. The molecule has 1 aliphatic heterocycles. The summed E-state index contributed by atoms with van der Waals surface area (Å²) in [6.07, 6.45) is 1.13. The van der Waals surface area contributed by atoms with Gasteiger partial charge in [-0.15, -0.1) is 0 Å². The Morgan fingerprint density at radius 1 is 1.03 bits per heavy atom. The molecule has 8 nitrogen and oxygen atoms in total. The molecule has 4 amide bonds. The van der Waals surface area contributed by atoms with Crippen molar-refractivity contribution in [3.05, 3.63) is 54.1 Å². The molecule has 2 aromatic carbocycles. The average molecular weight is 425 g/mol. The number of imide groups is 1. The Bertz CT molecular complexity index is 932. The summed E-state index contributed by atoms with van der Waals surface area (Å²) in [5.74, 6) is 0.229. The quantitative estimate of drug-likeness (QED) is 0.571. The van der Waals surface area contributed by atoms with Crippen molar-refractivity contribution in [3.63, 3.8) is 0 Å². The summed E-state index contributed by atoms with van der Waals surface area (Å²) < 4.78 is 11.1. The number of carbonyl (C=O) groups excluding carboxylic acids is 3. The fourth-order valence-corrected chi connectivity index (χ4v) is 3.35. The fourth-order valence-electron chi connectivity index (χ4n) is 3.35. The van der Waals surface area contributed by atoms with Gasteiger partial charge < -0.3 is 20.1 Å². The van der Waals surface area contributed by atoms with E-state index in [1.54, 1.807) is 18.2 Å². The van der Waals surface area contributed by atoms with Crippen molar-refractivity contribution in [1.82, 2.24) is 10.2 Å². The van der Waals surface area contributed by atoms with Crippen LogP contribution in [0.5, 0.6) is 11.5 Å². The van der Waals surface area contributed by atoms with Crippen LogP contribution in [0.25, 0.3) is 0 Å². The van der Waals surface area contributed by atoms with Crippen molar-refractivity contribution < 1.29 is 23.9 Å². The lowest BCUT2D eigenvalue weighted by Gasteiger charge is -2.15. The number of carbonyl (C=O) groups is 3. The number of anilines is 1. The Morgan fingerprint density at radius 3 is 2.45 bits per heavy atom. The zero-order valence-corrected chi connectivity index (χ0v) is 17.7. The molecule has 0 aliphatic carbocycles. The van der Waals surface area contributed by atoms with E-state index in [-0.39, 0.29) is 6.54 Å². The molecule has 1 fully saturated rings. The Balaban J connectivity index is 1.58. The normalized spacial score (nSPS) is 15.5. The maximum Gasteiger partial charge on any atom is 0.325 e. The number of amides is 4. The minimum atomic E-state index is -0.629. The average Bonchev–Trinajstić information content (AvgIpc) is 3.02. The Labute approximate surface area is 181 Å². The summed E-state index contributed by atoms with van der Waals surface area (Å²) >= 11 is 0. The molecule has 0 radical (unpaired) electrons. The molecule has 0 spiro atoms. The maximum atomic E-state index is 12.6. The second-order valence-electron chi connectivity index (χ2n) is 7.03. The van der Waals surface area contributed by atoms with E-state index in [0.717, 1.165) is 10.5 Å². The second kappa shape index (κ2) is 10.5. The van der Waals surface area contributed by atoms with Gasteiger partial charge in [-0.25, -0.2) is 4.79 Å². The molecule has 2 N–H and O–H groups in total. The second-order valence-corrected chi connectivity index (χ2v) is 7.03. The van der Waals surface area contributed by atoms with Gasteiger partial charge in [-0.05, 0) is 44.4 Å². The molecular weight excluding hydrogens is 398 g/mol. The van der Waals surface area contributed by atoms with Crippen molar-refractivity contribution in [2.75, 3.05) is 25.1 Å². The van der Waals surface area contributed by atoms with Crippen LogP contribution in [-0.2, 0) is 16.0 Å². The lowest BCUT2D eigenvalue weighted by atomic mass is 10.1. The van der Waals surface area contributed by atoms with E-state index in [1.165, 1.54) is 0 Å². The molecule has 1 heterocycles. The standard InChI is InChI=1S/C23H27N3O5/c1-3-30-19-13-11-17(14-20(19)31-4-2)24-21(27)15-26-22(28)18(25-23(26)29)12-10-16-8-6-5-7-9-16/h5-9,11,13-14,18H,3-4,10,12,15H2,1-2H3,(H,24,27)(H,25,29)/t18-/m1/s1. The van der Waals surface area contributed by atoms with E-state index in [0.29, 0.717) is 43.2 Å². The fraction of sp³-hybridized carbons (Fsp3) is 0.348. The molecule has 164 valence electrons. The van der Waals surface area contributed by atoms with Gasteiger partial charge >= 0.3 is 6.03 Å². The van der Waals surface area contributed by atoms with Crippen molar-refractivity contribution in [2.45, 2.75) is 32.7 Å². The third kappa shape index (κ3) is 5.75. The van der Waals surface area contributed by atoms with Crippen LogP contribution in [0.3, 0.4) is 0 Å². The first-order chi connectivity index (χ1) is 15.0. The molecule has 0 bridgehead atoms. The van der Waals surface area contributed by atoms with Gasteiger partial charge in [-0.3, -0.25) is 14.5 Å². The predicted molar refractivity (Wildman–Crippen MR) is 116 cm³/mol. The third-order valence-corrected chi connectivity index (χ3v) is 4.80. The van der Waals surface area contributed by atoms with Crippen LogP contribution in [0.4, 0.5) is 10.5 Å². The minimum Gasteiger partial charge on any atom is -0.490 e. The number of aryl methyl sites for hydroxylation is 1. The number of benzene rings is 2. The molecule has 31 heavy (non-hydrogen) atoms. The van der Waals surface area contributed by atoms with Gasteiger partial charge in [0.05, 0.1) is 13.2 Å². The first-order valence-electron chi connectivity index (χ1n) is 10.4. The number of nitrogens with zero attached hydrogens (tertiary/aromatic N) is 1. The molecule has 0 aromatic heterocycles. The molecule has 1 atom stereocenters. The van der Waals surface area contributed by atoms with Gasteiger partial charge in [-0.2, -0.15) is 0 Å². The molecule has 0 unspecified atom stereocenters. The highest BCUT2D eigenvalue weighted by atomic mass is 16.5. The van der Waals surface area contributed by atoms with E-state index < -0.39 is 23.9 Å². The summed E-state index contributed by atoms with van der Waals surface area (Å²) in [7, 11) is 0. The van der Waals surface area contributed by atoms with Crippen LogP contribution >= 0.6 is 0 Å². The van der Waals surface area contributed by atoms with Crippen molar-refractivity contribution in [1.29, 1.82) is 0 Å². The number of ether oxygens (including phenoxy) is 2. The first-order valence-corrected chi connectivity index (χ1v) is 10.4. The molecule has 2 aromatic rings. The van der Waals surface area contributed by atoms with Crippen LogP contribution in [-0.4, -0.2) is 48.5 Å². The largest absolute Gasteiger partial charge is 0.490 e. The summed E-state index contributed by atoms with van der Waals surface area (Å²) in [5, 5.41) is 5.36. The number of rotatable bonds is 10. The number of urea groups is 1. The van der Waals surface area contributed by atoms with Crippen LogP contribution in [0.1, 0.15) is 25.8 Å². The molecule has 3 rings (SSSR count). The molecule has 0 saturated carbocycles. The Hall–Kier alpha value is -3.55. The van der Waals surface area contributed by atoms with E-state index in [4.69, 9.17) is 9.47 Å². The Kier molecular flexibility index (Phi) is 7.48. The Morgan fingerprint density at radius 2 is 1.74 bits per heavy atom. The minimum absolute atomic E-state index is 0.357. The summed E-state index contributed by atoms with van der Waals surface area (Å²) in [6, 6.07) is 13.6. The zero-order chi connectivity index (χ0) is 22.2. The van der Waals surface area contributed by atoms with Gasteiger partial charge in [0.2, 0.25) is 5.91 Å². The summed E-state index contributed by atoms with van der Waals surface area (Å²) in [6.45, 7) is 4.31. The van der Waals surface area contributed by atoms with Gasteiger partial charge in [-0.1, -0.05) is 30.3 Å². The van der Waals surface area contributed by atoms with Gasteiger partial charge in [0.1, 0.15) is 12.6 Å². The van der Waals surface area contributed by atoms with Crippen molar-refractivity contribution >= 4 is 23.5 Å². The van der Waals surface area contributed by atoms with Crippen LogP contribution in [0, 0.1) is 0 Å². The smallest absolute Gasteiger partial charge is 0.325 e. The lowest BCUT2D eigenvalue weighted by Crippen LogP contribution is -2.38. The van der Waals surface area contributed by atoms with Crippen molar-refractivity contribution in [3.8, 4) is 11.5 Å². The van der Waals surface area contributed by atoms with Crippen LogP contribution in [0.2, 0.25) is 0 Å². The number of nitrogens with one attached hydrogen (secondary N) is 2. The molecule has 1 saturated heterocycles. The topological polar surface area (TPSA) is 97.0 Å². The molecular formula is C23H27N3O5. The van der Waals surface area contributed by atoms with Gasteiger partial charge in [0, 0.05) is 11.8 Å². The molecule has 8 heteroatoms. The van der Waals surface area contributed by atoms with E-state index in [2.05, 4.69) is 10.6 Å². The van der Waals surface area contributed by atoms with Crippen LogP contribution in [0.15, 0.2) is 48.5 Å². The zero-order valence-electron chi connectivity index (χ0n) is 17.7. The predicted octanol–water partition coefficient (Wildman–Crippen LogP) is 2.98. The number of hydrogen-bond donors (Lipinski definition) is 2. The van der Waals surface area contributed by atoms with Crippen LogP contribution < -0.4 is 20.1 Å². The highest BCUT2D eigenvalue weighted by Crippen LogP contribution is 2.30. The molecule has 1 aliphatic rings.